The van der Waals surface area contributed by atoms with E-state index in [0.717, 1.165) is 0 Å². The molecule has 0 bridgehead atoms. The first-order valence-corrected chi connectivity index (χ1v) is 2.49. The van der Waals surface area contributed by atoms with E-state index >= 15 is 0 Å². The van der Waals surface area contributed by atoms with E-state index in [2.05, 4.69) is 32.0 Å². The van der Waals surface area contributed by atoms with Crippen molar-refractivity contribution in [2.75, 3.05) is 0 Å². The molecule has 4 heteroatoms. The predicted molar refractivity (Wildman–Crippen MR) is 31.5 cm³/mol. The van der Waals surface area contributed by atoms with Crippen molar-refractivity contribution in [3.63, 3.8) is 0 Å². The SMILES string of the molecule is Cc1cc[c-](C)c1.[Cl-].[Cl-].[Cl-].[V+4]. The summed E-state index contributed by atoms with van der Waals surface area (Å²) >= 11 is 0. The predicted octanol–water partition coefficient (Wildman–Crippen LogP) is -6.97. The third kappa shape index (κ3) is 8.71. The third-order valence-corrected chi connectivity index (χ3v) is 1.06. The Hall–Kier alpha value is 0.804. The van der Waals surface area contributed by atoms with Gasteiger partial charge in [0.15, 0.2) is 0 Å². The molecule has 0 saturated carbocycles. The van der Waals surface area contributed by atoms with Gasteiger partial charge >= 0.3 is 18.6 Å². The van der Waals surface area contributed by atoms with Crippen LogP contribution in [0.5, 0.6) is 0 Å². The number of rotatable bonds is 0. The Morgan fingerprint density at radius 3 is 1.73 bits per heavy atom. The van der Waals surface area contributed by atoms with Gasteiger partial charge in [-0.1, -0.05) is 13.8 Å². The number of halogens is 3. The maximum Gasteiger partial charge on any atom is 4.00 e. The molecule has 0 aliphatic carbocycles. The fraction of sp³-hybridized carbons (Fsp3) is 0.286. The summed E-state index contributed by atoms with van der Waals surface area (Å²) in [4.78, 5) is 0. The summed E-state index contributed by atoms with van der Waals surface area (Å²) in [6.07, 6.45) is 0. The van der Waals surface area contributed by atoms with Crippen molar-refractivity contribution < 1.29 is 55.8 Å². The van der Waals surface area contributed by atoms with Gasteiger partial charge in [0, 0.05) is 0 Å². The van der Waals surface area contributed by atoms with E-state index in [1.54, 1.807) is 0 Å². The second-order valence-electron chi connectivity index (χ2n) is 1.97. The molecule has 0 aliphatic heterocycles. The van der Waals surface area contributed by atoms with E-state index in [9.17, 15) is 0 Å². The van der Waals surface area contributed by atoms with Crippen molar-refractivity contribution in [2.24, 2.45) is 0 Å². The summed E-state index contributed by atoms with van der Waals surface area (Å²) in [5.74, 6) is 0. The Labute approximate surface area is 98.6 Å². The van der Waals surface area contributed by atoms with Gasteiger partial charge in [-0.25, -0.2) is 11.6 Å². The normalized spacial score (nSPS) is 6.00. The molecule has 0 heterocycles. The Bertz CT molecular complexity index is 146. The van der Waals surface area contributed by atoms with Gasteiger partial charge in [0.25, 0.3) is 0 Å². The summed E-state index contributed by atoms with van der Waals surface area (Å²) in [5, 5.41) is 0. The average molecular weight is 250 g/mol. The molecule has 0 aliphatic rings. The van der Waals surface area contributed by atoms with Crippen LogP contribution in [0.3, 0.4) is 0 Å². The van der Waals surface area contributed by atoms with Crippen LogP contribution in [-0.4, -0.2) is 0 Å². The van der Waals surface area contributed by atoms with Crippen LogP contribution in [-0.2, 0) is 18.6 Å². The van der Waals surface area contributed by atoms with Crippen LogP contribution in [0, 0.1) is 13.8 Å². The van der Waals surface area contributed by atoms with Gasteiger partial charge in [-0.2, -0.15) is 17.7 Å². The van der Waals surface area contributed by atoms with E-state index in [-0.39, 0.29) is 55.8 Å². The quantitative estimate of drug-likeness (QED) is 0.402. The second-order valence-corrected chi connectivity index (χ2v) is 1.97. The first kappa shape index (κ1) is 22.6. The standard InChI is InChI=1S/C7H9.3ClH.V/c1-6-3-4-7(2)5-6;;;;/h3-5H,1-2H3;3*1H;/q-1;;;;+4/p-3. The molecule has 1 aromatic rings. The molecule has 0 atom stereocenters. The molecule has 0 aromatic heterocycles. The van der Waals surface area contributed by atoms with Gasteiger partial charge in [-0.15, -0.1) is 0 Å². The van der Waals surface area contributed by atoms with E-state index in [1.807, 2.05) is 0 Å². The van der Waals surface area contributed by atoms with Crippen molar-refractivity contribution >= 4 is 0 Å². The van der Waals surface area contributed by atoms with E-state index in [1.165, 1.54) is 11.1 Å². The van der Waals surface area contributed by atoms with Crippen molar-refractivity contribution in [1.82, 2.24) is 0 Å². The Morgan fingerprint density at radius 1 is 1.18 bits per heavy atom. The van der Waals surface area contributed by atoms with Gasteiger partial charge in [-0.3, -0.25) is 0 Å². The largest absolute Gasteiger partial charge is 4.00 e. The molecule has 0 fully saturated rings. The maximum absolute atomic E-state index is 2.17. The molecular formula is C7H9Cl3V. The van der Waals surface area contributed by atoms with Crippen molar-refractivity contribution in [3.8, 4) is 0 Å². The smallest absolute Gasteiger partial charge is 1.00 e. The molecule has 0 amide bonds. The minimum atomic E-state index is 0. The number of aryl methyl sites for hydroxylation is 2. The zero-order valence-corrected chi connectivity index (χ0v) is 9.98. The monoisotopic (exact) mass is 249 g/mol. The first-order valence-electron chi connectivity index (χ1n) is 2.49. The zero-order chi connectivity index (χ0) is 5.28. The maximum atomic E-state index is 2.17. The summed E-state index contributed by atoms with van der Waals surface area (Å²) in [6, 6.07) is 6.41. The summed E-state index contributed by atoms with van der Waals surface area (Å²) < 4.78 is 0. The van der Waals surface area contributed by atoms with Crippen LogP contribution in [0.25, 0.3) is 0 Å². The third-order valence-electron chi connectivity index (χ3n) is 1.06. The van der Waals surface area contributed by atoms with Crippen LogP contribution in [0.15, 0.2) is 18.2 Å². The molecule has 0 nitrogen and oxygen atoms in total. The van der Waals surface area contributed by atoms with E-state index in [0.29, 0.717) is 0 Å². The Balaban J connectivity index is -0.0000000612. The van der Waals surface area contributed by atoms with Crippen LogP contribution < -0.4 is 37.2 Å². The zero-order valence-electron chi connectivity index (χ0n) is 6.31. The minimum absolute atomic E-state index is 0. The first-order chi connectivity index (χ1) is 3.29. The molecule has 1 radical (unpaired) electrons. The van der Waals surface area contributed by atoms with Crippen molar-refractivity contribution in [1.29, 1.82) is 0 Å². The molecule has 0 N–H and O–H groups in total. The van der Waals surface area contributed by atoms with Crippen LogP contribution in [0.1, 0.15) is 11.1 Å². The Kier molecular flexibility index (Phi) is 22.2. The fourth-order valence-corrected chi connectivity index (χ4v) is 0.718. The van der Waals surface area contributed by atoms with Gasteiger partial charge in [-0.05, 0) is 0 Å². The fourth-order valence-electron chi connectivity index (χ4n) is 0.718. The average Bonchev–Trinajstić information content (AvgIpc) is 1.87. The second kappa shape index (κ2) is 10.8. The Morgan fingerprint density at radius 2 is 1.64 bits per heavy atom. The van der Waals surface area contributed by atoms with Gasteiger partial charge in [0.2, 0.25) is 0 Å². The van der Waals surface area contributed by atoms with Crippen LogP contribution >= 0.6 is 0 Å². The molecular weight excluding hydrogens is 241 g/mol. The number of hydrogen-bond donors (Lipinski definition) is 0. The molecule has 0 spiro atoms. The summed E-state index contributed by atoms with van der Waals surface area (Å²) in [6.45, 7) is 4.21. The van der Waals surface area contributed by atoms with Gasteiger partial charge < -0.3 is 37.2 Å². The molecule has 1 rings (SSSR count). The molecule has 11 heavy (non-hydrogen) atoms. The van der Waals surface area contributed by atoms with Gasteiger partial charge in [0.05, 0.1) is 0 Å². The molecule has 0 saturated heterocycles. The molecule has 0 unspecified atom stereocenters. The van der Waals surface area contributed by atoms with Crippen LogP contribution in [0.4, 0.5) is 0 Å². The molecule has 1 aromatic carbocycles. The van der Waals surface area contributed by atoms with Crippen LogP contribution in [0.2, 0.25) is 0 Å². The molecule has 63 valence electrons. The van der Waals surface area contributed by atoms with E-state index < -0.39 is 0 Å². The minimum Gasteiger partial charge on any atom is -1.00 e. The van der Waals surface area contributed by atoms with Gasteiger partial charge in [0.1, 0.15) is 0 Å². The summed E-state index contributed by atoms with van der Waals surface area (Å²) in [7, 11) is 0. The number of hydrogen-bond acceptors (Lipinski definition) is 0. The van der Waals surface area contributed by atoms with E-state index in [4.69, 9.17) is 0 Å². The van der Waals surface area contributed by atoms with Crippen molar-refractivity contribution in [2.45, 2.75) is 13.8 Å². The van der Waals surface area contributed by atoms with Crippen molar-refractivity contribution in [3.05, 3.63) is 29.3 Å². The summed E-state index contributed by atoms with van der Waals surface area (Å²) in [5.41, 5.74) is 2.72. The topological polar surface area (TPSA) is 0 Å².